The van der Waals surface area contributed by atoms with E-state index in [2.05, 4.69) is 16.0 Å². The predicted molar refractivity (Wildman–Crippen MR) is 160 cm³/mol. The highest BCUT2D eigenvalue weighted by atomic mass is 32.2. The maximum Gasteiger partial charge on any atom is 0.416 e. The first-order valence-corrected chi connectivity index (χ1v) is 15.9. The molecule has 1 amide bonds. The molecule has 2 aliphatic heterocycles. The first-order chi connectivity index (χ1) is 20.9. The maximum absolute atomic E-state index is 14.2. The van der Waals surface area contributed by atoms with Gasteiger partial charge in [-0.25, -0.2) is 18.5 Å². The van der Waals surface area contributed by atoms with Gasteiger partial charge < -0.3 is 14.7 Å². The Morgan fingerprint density at radius 3 is 2.27 bits per heavy atom. The zero-order valence-corrected chi connectivity index (χ0v) is 25.0. The second kappa shape index (κ2) is 12.5. The largest absolute Gasteiger partial charge is 0.416 e. The Morgan fingerprint density at radius 1 is 1.00 bits per heavy atom. The number of nitrogens with zero attached hydrogens (tertiary/aromatic N) is 5. The van der Waals surface area contributed by atoms with Gasteiger partial charge in [0.05, 0.1) is 22.5 Å². The van der Waals surface area contributed by atoms with Crippen LogP contribution in [0.3, 0.4) is 0 Å². The Hall–Kier alpha value is -4.15. The number of para-hydroxylation sites is 1. The van der Waals surface area contributed by atoms with E-state index in [0.717, 1.165) is 11.8 Å². The van der Waals surface area contributed by atoms with Crippen LogP contribution in [0.5, 0.6) is 0 Å². The fourth-order valence-corrected chi connectivity index (χ4v) is 6.81. The molecule has 0 bridgehead atoms. The number of nitriles is 1. The Morgan fingerprint density at radius 2 is 1.64 bits per heavy atom. The Labute approximate surface area is 254 Å². The summed E-state index contributed by atoms with van der Waals surface area (Å²) in [5.74, 6) is -0.374. The van der Waals surface area contributed by atoms with Crippen LogP contribution < -0.4 is 14.9 Å². The summed E-state index contributed by atoms with van der Waals surface area (Å²) in [5.41, 5.74) is 1.61. The number of halogens is 3. The summed E-state index contributed by atoms with van der Waals surface area (Å²) in [6.07, 6.45) is -1.72. The van der Waals surface area contributed by atoms with E-state index >= 15 is 0 Å². The van der Waals surface area contributed by atoms with Crippen molar-refractivity contribution in [3.8, 4) is 6.07 Å². The molecule has 3 aromatic rings. The van der Waals surface area contributed by atoms with Crippen LogP contribution in [-0.2, 0) is 22.6 Å². The van der Waals surface area contributed by atoms with Crippen molar-refractivity contribution in [3.05, 3.63) is 82.5 Å². The van der Waals surface area contributed by atoms with E-state index in [1.165, 1.54) is 19.2 Å². The van der Waals surface area contributed by atoms with Gasteiger partial charge in [-0.2, -0.15) is 18.4 Å². The van der Waals surface area contributed by atoms with Gasteiger partial charge in [-0.3, -0.25) is 4.79 Å². The number of benzene rings is 2. The third-order valence-electron chi connectivity index (χ3n) is 8.40. The SMILES string of the molecule is Cc1cc(C(F)(F)F)c(CC2CCN(c3ccccc3C#N)CC2)cc1C(=O)N1CCN(c2cccnc2S(N)(=O)=O)CC1. The van der Waals surface area contributed by atoms with E-state index in [4.69, 9.17) is 5.14 Å². The fourth-order valence-electron chi connectivity index (χ4n) is 6.11. The highest BCUT2D eigenvalue weighted by Crippen LogP contribution is 2.37. The van der Waals surface area contributed by atoms with Crippen molar-refractivity contribution in [2.45, 2.75) is 37.4 Å². The van der Waals surface area contributed by atoms with Crippen LogP contribution in [0.15, 0.2) is 59.8 Å². The number of anilines is 2. The van der Waals surface area contributed by atoms with Crippen LogP contribution in [0.1, 0.15) is 45.5 Å². The maximum atomic E-state index is 14.2. The average Bonchev–Trinajstić information content (AvgIpc) is 3.01. The summed E-state index contributed by atoms with van der Waals surface area (Å²) in [4.78, 5) is 23.0. The van der Waals surface area contributed by atoms with Crippen molar-refractivity contribution < 1.29 is 26.4 Å². The molecule has 2 aliphatic rings. The van der Waals surface area contributed by atoms with Crippen LogP contribution in [0, 0.1) is 24.2 Å². The standard InChI is InChI=1S/C31H33F3N6O3S/c1-21-17-26(31(32,33)34)24(18-22-8-11-38(12-9-22)27-6-3-2-5-23(27)20-35)19-25(21)30(41)40-15-13-39(14-16-40)28-7-4-10-37-29(28)44(36,42)43/h2-7,10,17,19,22H,8-9,11-16,18H2,1H3,(H2,36,42,43). The number of piperidine rings is 1. The van der Waals surface area contributed by atoms with Crippen molar-refractivity contribution in [1.29, 1.82) is 5.26 Å². The van der Waals surface area contributed by atoms with Crippen molar-refractivity contribution >= 4 is 27.3 Å². The van der Waals surface area contributed by atoms with E-state index in [-0.39, 0.29) is 53.1 Å². The van der Waals surface area contributed by atoms with Crippen LogP contribution >= 0.6 is 0 Å². The van der Waals surface area contributed by atoms with Crippen LogP contribution in [0.2, 0.25) is 0 Å². The first-order valence-electron chi connectivity index (χ1n) is 14.3. The van der Waals surface area contributed by atoms with Gasteiger partial charge in [0.2, 0.25) is 0 Å². The summed E-state index contributed by atoms with van der Waals surface area (Å²) in [5, 5.41) is 14.5. The predicted octanol–water partition coefficient (Wildman–Crippen LogP) is 4.35. The lowest BCUT2D eigenvalue weighted by Crippen LogP contribution is -2.49. The van der Waals surface area contributed by atoms with Crippen LogP contribution in [0.4, 0.5) is 24.5 Å². The number of pyridine rings is 1. The van der Waals surface area contributed by atoms with Crippen molar-refractivity contribution in [3.63, 3.8) is 0 Å². The first kappa shape index (κ1) is 31.3. The number of hydrogen-bond acceptors (Lipinski definition) is 7. The molecule has 0 spiro atoms. The van der Waals surface area contributed by atoms with E-state index in [1.807, 2.05) is 12.1 Å². The van der Waals surface area contributed by atoms with E-state index in [9.17, 15) is 31.6 Å². The van der Waals surface area contributed by atoms with Crippen molar-refractivity contribution in [1.82, 2.24) is 9.88 Å². The monoisotopic (exact) mass is 626 g/mol. The van der Waals surface area contributed by atoms with E-state index < -0.39 is 21.8 Å². The van der Waals surface area contributed by atoms with E-state index in [1.54, 1.807) is 34.1 Å². The van der Waals surface area contributed by atoms with Crippen molar-refractivity contribution in [2.24, 2.45) is 11.1 Å². The molecule has 1 aromatic heterocycles. The minimum absolute atomic E-state index is 0.0108. The Kier molecular flexibility index (Phi) is 8.85. The molecule has 232 valence electrons. The molecule has 0 unspecified atom stereocenters. The number of carbonyl (C=O) groups excluding carboxylic acids is 1. The molecule has 0 aliphatic carbocycles. The normalized spacial score (nSPS) is 16.6. The minimum Gasteiger partial charge on any atom is -0.370 e. The van der Waals surface area contributed by atoms with E-state index in [0.29, 0.717) is 50.3 Å². The summed E-state index contributed by atoms with van der Waals surface area (Å²) >= 11 is 0. The number of carbonyl (C=O) groups is 1. The van der Waals surface area contributed by atoms with Gasteiger partial charge in [-0.1, -0.05) is 12.1 Å². The zero-order valence-electron chi connectivity index (χ0n) is 24.2. The highest BCUT2D eigenvalue weighted by Gasteiger charge is 2.36. The molecular weight excluding hydrogens is 593 g/mol. The van der Waals surface area contributed by atoms with Gasteiger partial charge in [-0.15, -0.1) is 0 Å². The number of alkyl halides is 3. The second-order valence-corrected chi connectivity index (χ2v) is 12.7. The summed E-state index contributed by atoms with van der Waals surface area (Å²) in [7, 11) is -4.06. The summed E-state index contributed by atoms with van der Waals surface area (Å²) in [6, 6.07) is 15.2. The molecule has 44 heavy (non-hydrogen) atoms. The van der Waals surface area contributed by atoms with Gasteiger partial charge in [0.1, 0.15) is 6.07 Å². The fraction of sp³-hybridized carbons (Fsp3) is 0.387. The molecule has 2 fully saturated rings. The number of aryl methyl sites for hydroxylation is 1. The Balaban J connectivity index is 1.31. The van der Waals surface area contributed by atoms with Gasteiger partial charge in [0.15, 0.2) is 5.03 Å². The summed E-state index contributed by atoms with van der Waals surface area (Å²) < 4.78 is 66.5. The molecule has 0 saturated carbocycles. The summed E-state index contributed by atoms with van der Waals surface area (Å²) in [6.45, 7) is 3.86. The molecule has 0 radical (unpaired) electrons. The number of sulfonamides is 1. The number of rotatable bonds is 6. The number of piperazine rings is 1. The van der Waals surface area contributed by atoms with Crippen molar-refractivity contribution in [2.75, 3.05) is 49.1 Å². The lowest BCUT2D eigenvalue weighted by atomic mass is 9.86. The van der Waals surface area contributed by atoms with Gasteiger partial charge in [-0.05, 0) is 79.6 Å². The molecule has 2 N–H and O–H groups in total. The molecule has 9 nitrogen and oxygen atoms in total. The quantitative estimate of drug-likeness (QED) is 0.432. The molecule has 3 heterocycles. The molecule has 5 rings (SSSR count). The number of aromatic nitrogens is 1. The second-order valence-electron chi connectivity index (χ2n) is 11.2. The molecule has 13 heteroatoms. The smallest absolute Gasteiger partial charge is 0.370 e. The molecule has 2 saturated heterocycles. The lowest BCUT2D eigenvalue weighted by Gasteiger charge is -2.37. The minimum atomic E-state index is -4.56. The van der Waals surface area contributed by atoms with Gasteiger partial charge in [0, 0.05) is 51.0 Å². The number of primary sulfonamides is 1. The molecular formula is C31H33F3N6O3S. The third-order valence-corrected chi connectivity index (χ3v) is 9.26. The highest BCUT2D eigenvalue weighted by molar-refractivity contribution is 7.89. The zero-order chi connectivity index (χ0) is 31.6. The molecule has 2 aromatic carbocycles. The number of amides is 1. The topological polar surface area (TPSA) is 124 Å². The third kappa shape index (κ3) is 6.66. The Bertz CT molecular complexity index is 1690. The van der Waals surface area contributed by atoms with Gasteiger partial charge in [0.25, 0.3) is 15.9 Å². The van der Waals surface area contributed by atoms with Crippen LogP contribution in [-0.4, -0.2) is 63.5 Å². The molecule has 0 atom stereocenters. The number of hydrogen-bond donors (Lipinski definition) is 1. The van der Waals surface area contributed by atoms with Crippen LogP contribution in [0.25, 0.3) is 0 Å². The van der Waals surface area contributed by atoms with Gasteiger partial charge >= 0.3 is 6.18 Å². The average molecular weight is 627 g/mol. The number of nitrogens with two attached hydrogens (primary N) is 1. The lowest BCUT2D eigenvalue weighted by molar-refractivity contribution is -0.138.